The third-order valence-electron chi connectivity index (χ3n) is 2.38. The van der Waals surface area contributed by atoms with Crippen LogP contribution in [-0.4, -0.2) is 23.1 Å². The van der Waals surface area contributed by atoms with Crippen LogP contribution in [0.3, 0.4) is 0 Å². The number of rotatable bonds is 5. The molecule has 1 aromatic rings. The van der Waals surface area contributed by atoms with Crippen LogP contribution in [0.4, 0.5) is 19.0 Å². The Balaban J connectivity index is 3.12. The lowest BCUT2D eigenvalue weighted by Crippen LogP contribution is -2.30. The Kier molecular flexibility index (Phi) is 5.57. The molecule has 0 aliphatic carbocycles. The molecule has 0 radical (unpaired) electrons. The van der Waals surface area contributed by atoms with Crippen molar-refractivity contribution in [3.63, 3.8) is 0 Å². The Hall–Kier alpha value is -1.55. The fourth-order valence-electron chi connectivity index (χ4n) is 1.64. The molecule has 0 bridgehead atoms. The van der Waals surface area contributed by atoms with Gasteiger partial charge >= 0.3 is 6.18 Å². The molecule has 0 saturated carbocycles. The SMILES string of the molecule is CC(C)CN(CCC#N)c1cc(C(F)(F)F)nc(Cl)n1. The first-order chi connectivity index (χ1) is 9.24. The quantitative estimate of drug-likeness (QED) is 0.781. The lowest BCUT2D eigenvalue weighted by atomic mass is 10.2. The van der Waals surface area contributed by atoms with E-state index < -0.39 is 17.2 Å². The molecule has 0 atom stereocenters. The molecular formula is C12H14ClF3N4. The molecule has 0 aliphatic rings. The third-order valence-corrected chi connectivity index (χ3v) is 2.55. The summed E-state index contributed by atoms with van der Waals surface area (Å²) in [6, 6.07) is 2.81. The first kappa shape index (κ1) is 16.5. The van der Waals surface area contributed by atoms with Gasteiger partial charge in [0.25, 0.3) is 0 Å². The van der Waals surface area contributed by atoms with E-state index in [4.69, 9.17) is 16.9 Å². The van der Waals surface area contributed by atoms with Crippen LogP contribution in [0, 0.1) is 17.2 Å². The largest absolute Gasteiger partial charge is 0.433 e. The molecule has 0 aliphatic heterocycles. The summed E-state index contributed by atoms with van der Waals surface area (Å²) in [6.45, 7) is 4.62. The van der Waals surface area contributed by atoms with Gasteiger partial charge in [-0.1, -0.05) is 13.8 Å². The van der Waals surface area contributed by atoms with Gasteiger partial charge in [-0.3, -0.25) is 0 Å². The molecule has 8 heteroatoms. The summed E-state index contributed by atoms with van der Waals surface area (Å²) in [5.74, 6) is 0.290. The first-order valence-electron chi connectivity index (χ1n) is 5.97. The normalized spacial score (nSPS) is 11.5. The minimum atomic E-state index is -4.58. The van der Waals surface area contributed by atoms with Crippen LogP contribution >= 0.6 is 11.6 Å². The van der Waals surface area contributed by atoms with Crippen LogP contribution in [0.25, 0.3) is 0 Å². The lowest BCUT2D eigenvalue weighted by molar-refractivity contribution is -0.141. The summed E-state index contributed by atoms with van der Waals surface area (Å²) in [6.07, 6.45) is -4.39. The van der Waals surface area contributed by atoms with Crippen LogP contribution in [0.15, 0.2) is 6.07 Å². The van der Waals surface area contributed by atoms with Gasteiger partial charge in [0.05, 0.1) is 12.5 Å². The predicted octanol–water partition coefficient (Wildman–Crippen LogP) is 3.52. The number of hydrogen-bond acceptors (Lipinski definition) is 4. The van der Waals surface area contributed by atoms with E-state index in [1.54, 1.807) is 4.90 Å². The summed E-state index contributed by atoms with van der Waals surface area (Å²) >= 11 is 5.56. The predicted molar refractivity (Wildman–Crippen MR) is 69.3 cm³/mol. The second-order valence-corrected chi connectivity index (χ2v) is 4.96. The van der Waals surface area contributed by atoms with Crippen molar-refractivity contribution in [3.8, 4) is 6.07 Å². The van der Waals surface area contributed by atoms with Crippen molar-refractivity contribution < 1.29 is 13.2 Å². The van der Waals surface area contributed by atoms with E-state index >= 15 is 0 Å². The fraction of sp³-hybridized carbons (Fsp3) is 0.583. The topological polar surface area (TPSA) is 52.8 Å². The molecule has 20 heavy (non-hydrogen) atoms. The zero-order chi connectivity index (χ0) is 15.3. The maximum absolute atomic E-state index is 12.7. The Morgan fingerprint density at radius 2 is 2.05 bits per heavy atom. The fourth-order valence-corrected chi connectivity index (χ4v) is 1.82. The average molecular weight is 307 g/mol. The Bertz CT molecular complexity index is 496. The van der Waals surface area contributed by atoms with Gasteiger partial charge in [-0.25, -0.2) is 9.97 Å². The summed E-state index contributed by atoms with van der Waals surface area (Å²) < 4.78 is 38.1. The number of anilines is 1. The van der Waals surface area contributed by atoms with E-state index in [9.17, 15) is 13.2 Å². The van der Waals surface area contributed by atoms with Crippen molar-refractivity contribution in [3.05, 3.63) is 17.0 Å². The molecule has 110 valence electrons. The molecule has 0 N–H and O–H groups in total. The number of hydrogen-bond donors (Lipinski definition) is 0. The van der Waals surface area contributed by atoms with Gasteiger partial charge in [0.1, 0.15) is 5.82 Å². The molecule has 1 heterocycles. The van der Waals surface area contributed by atoms with Crippen molar-refractivity contribution in [1.29, 1.82) is 5.26 Å². The molecule has 0 unspecified atom stereocenters. The van der Waals surface area contributed by atoms with Crippen molar-refractivity contribution in [1.82, 2.24) is 9.97 Å². The second-order valence-electron chi connectivity index (χ2n) is 4.63. The van der Waals surface area contributed by atoms with Crippen LogP contribution in [0.2, 0.25) is 5.28 Å². The minimum absolute atomic E-state index is 0.0845. The van der Waals surface area contributed by atoms with Crippen LogP contribution in [0.1, 0.15) is 26.0 Å². The van der Waals surface area contributed by atoms with Crippen LogP contribution in [0.5, 0.6) is 0 Å². The maximum Gasteiger partial charge on any atom is 0.433 e. The molecule has 0 fully saturated rings. The molecule has 0 aromatic carbocycles. The van der Waals surface area contributed by atoms with Crippen LogP contribution < -0.4 is 4.90 Å². The number of aromatic nitrogens is 2. The molecule has 0 saturated heterocycles. The van der Waals surface area contributed by atoms with E-state index in [1.165, 1.54) is 0 Å². The Labute approximate surface area is 120 Å². The van der Waals surface area contributed by atoms with Gasteiger partial charge in [-0.05, 0) is 17.5 Å². The van der Waals surface area contributed by atoms with Crippen molar-refractivity contribution >= 4 is 17.4 Å². The van der Waals surface area contributed by atoms with Crippen LogP contribution in [-0.2, 0) is 6.18 Å². The number of alkyl halides is 3. The van der Waals surface area contributed by atoms with Gasteiger partial charge in [-0.15, -0.1) is 0 Å². The molecule has 1 rings (SSSR count). The highest BCUT2D eigenvalue weighted by atomic mass is 35.5. The summed E-state index contributed by atoms with van der Waals surface area (Å²) in [5.41, 5.74) is -1.08. The third kappa shape index (κ3) is 4.85. The number of nitrogens with zero attached hydrogens (tertiary/aromatic N) is 4. The zero-order valence-electron chi connectivity index (χ0n) is 11.1. The maximum atomic E-state index is 12.7. The first-order valence-corrected chi connectivity index (χ1v) is 6.35. The van der Waals surface area contributed by atoms with E-state index in [0.29, 0.717) is 13.1 Å². The zero-order valence-corrected chi connectivity index (χ0v) is 11.8. The number of nitriles is 1. The van der Waals surface area contributed by atoms with Gasteiger partial charge in [-0.2, -0.15) is 18.4 Å². The highest BCUT2D eigenvalue weighted by Gasteiger charge is 2.34. The van der Waals surface area contributed by atoms with Crippen molar-refractivity contribution in [2.24, 2.45) is 5.92 Å². The molecule has 4 nitrogen and oxygen atoms in total. The average Bonchev–Trinajstić information content (AvgIpc) is 2.32. The smallest absolute Gasteiger partial charge is 0.355 e. The minimum Gasteiger partial charge on any atom is -0.355 e. The Morgan fingerprint density at radius 1 is 1.40 bits per heavy atom. The van der Waals surface area contributed by atoms with E-state index in [2.05, 4.69) is 9.97 Å². The molecule has 0 amide bonds. The number of halogens is 4. The standard InChI is InChI=1S/C12H14ClF3N4/c1-8(2)7-20(5-3-4-17)10-6-9(12(14,15)16)18-11(13)19-10/h6,8H,3,5,7H2,1-2H3. The van der Waals surface area contributed by atoms with E-state index in [0.717, 1.165) is 6.07 Å². The van der Waals surface area contributed by atoms with Gasteiger partial charge in [0.2, 0.25) is 5.28 Å². The van der Waals surface area contributed by atoms with Gasteiger partial charge < -0.3 is 4.90 Å². The monoisotopic (exact) mass is 306 g/mol. The highest BCUT2D eigenvalue weighted by molar-refractivity contribution is 6.28. The van der Waals surface area contributed by atoms with Gasteiger partial charge in [0, 0.05) is 19.2 Å². The van der Waals surface area contributed by atoms with Crippen molar-refractivity contribution in [2.75, 3.05) is 18.0 Å². The Morgan fingerprint density at radius 3 is 2.55 bits per heavy atom. The van der Waals surface area contributed by atoms with Crippen molar-refractivity contribution in [2.45, 2.75) is 26.4 Å². The van der Waals surface area contributed by atoms with E-state index in [-0.39, 0.29) is 18.2 Å². The highest BCUT2D eigenvalue weighted by Crippen LogP contribution is 2.30. The molecule has 0 spiro atoms. The van der Waals surface area contributed by atoms with E-state index in [1.807, 2.05) is 19.9 Å². The summed E-state index contributed by atoms with van der Waals surface area (Å²) in [7, 11) is 0. The molecular weight excluding hydrogens is 293 g/mol. The lowest BCUT2D eigenvalue weighted by Gasteiger charge is -2.25. The summed E-state index contributed by atoms with van der Waals surface area (Å²) in [4.78, 5) is 8.62. The van der Waals surface area contributed by atoms with Gasteiger partial charge in [0.15, 0.2) is 5.69 Å². The second kappa shape index (κ2) is 6.75. The molecule has 1 aromatic heterocycles. The summed E-state index contributed by atoms with van der Waals surface area (Å²) in [5, 5.41) is 8.16.